The number of likely N-dealkylation sites (tertiary alicyclic amines) is 1. The zero-order chi connectivity index (χ0) is 17.9. The number of rotatable bonds is 4. The van der Waals surface area contributed by atoms with E-state index < -0.39 is 0 Å². The summed E-state index contributed by atoms with van der Waals surface area (Å²) in [6.07, 6.45) is 3.38. The Kier molecular flexibility index (Phi) is 4.86. The predicted molar refractivity (Wildman–Crippen MR) is 100 cm³/mol. The van der Waals surface area contributed by atoms with Crippen molar-refractivity contribution < 1.29 is 9.21 Å². The Morgan fingerprint density at radius 2 is 2.04 bits per heavy atom. The zero-order valence-corrected chi connectivity index (χ0v) is 14.9. The normalized spacial score (nSPS) is 16.0. The second kappa shape index (κ2) is 7.43. The Balaban J connectivity index is 1.30. The lowest BCUT2D eigenvalue weighted by molar-refractivity contribution is -0.117. The highest BCUT2D eigenvalue weighted by molar-refractivity contribution is 6.30. The number of aromatic nitrogens is 2. The van der Waals surface area contributed by atoms with Crippen molar-refractivity contribution in [3.63, 3.8) is 0 Å². The summed E-state index contributed by atoms with van der Waals surface area (Å²) >= 11 is 5.80. The third kappa shape index (κ3) is 3.86. The molecule has 26 heavy (non-hydrogen) atoms. The van der Waals surface area contributed by atoms with Gasteiger partial charge >= 0.3 is 0 Å². The molecule has 2 aromatic heterocycles. The van der Waals surface area contributed by atoms with Crippen LogP contribution in [0.2, 0.25) is 5.02 Å². The number of halogens is 1. The molecule has 0 radical (unpaired) electrons. The van der Waals surface area contributed by atoms with Gasteiger partial charge < -0.3 is 9.73 Å². The number of nitrogens with zero attached hydrogens (tertiary/aromatic N) is 3. The van der Waals surface area contributed by atoms with E-state index in [1.165, 1.54) is 6.20 Å². The Bertz CT molecular complexity index is 868. The van der Waals surface area contributed by atoms with Crippen LogP contribution in [-0.2, 0) is 4.79 Å². The van der Waals surface area contributed by atoms with Crippen LogP contribution in [0, 0.1) is 0 Å². The number of para-hydroxylation sites is 2. The molecule has 1 aliphatic rings. The van der Waals surface area contributed by atoms with E-state index in [1.54, 1.807) is 12.1 Å². The van der Waals surface area contributed by atoms with Gasteiger partial charge in [-0.05, 0) is 50.2 Å². The fraction of sp³-hybridized carbons (Fsp3) is 0.316. The number of carbonyl (C=O) groups excluding carboxylic acids is 1. The lowest BCUT2D eigenvalue weighted by Gasteiger charge is -2.29. The number of amides is 1. The minimum Gasteiger partial charge on any atom is -0.440 e. The third-order valence-electron chi connectivity index (χ3n) is 4.61. The molecular weight excluding hydrogens is 352 g/mol. The molecule has 4 rings (SSSR count). The highest BCUT2D eigenvalue weighted by Gasteiger charge is 2.25. The number of fused-ring (bicyclic) bond motifs is 1. The first-order chi connectivity index (χ1) is 12.7. The molecule has 3 aromatic rings. The second-order valence-corrected chi connectivity index (χ2v) is 6.92. The molecule has 1 aromatic carbocycles. The van der Waals surface area contributed by atoms with Crippen molar-refractivity contribution in [3.05, 3.63) is 53.5 Å². The van der Waals surface area contributed by atoms with E-state index in [2.05, 4.69) is 20.2 Å². The first kappa shape index (κ1) is 17.0. The van der Waals surface area contributed by atoms with Crippen LogP contribution in [0.5, 0.6) is 0 Å². The van der Waals surface area contributed by atoms with Crippen LogP contribution in [-0.4, -0.2) is 40.4 Å². The fourth-order valence-electron chi connectivity index (χ4n) is 3.24. The van der Waals surface area contributed by atoms with E-state index in [0.29, 0.717) is 23.3 Å². The van der Waals surface area contributed by atoms with Crippen molar-refractivity contribution in [1.82, 2.24) is 14.9 Å². The zero-order valence-electron chi connectivity index (χ0n) is 14.2. The summed E-state index contributed by atoms with van der Waals surface area (Å²) in [5.74, 6) is 1.56. The van der Waals surface area contributed by atoms with E-state index in [1.807, 2.05) is 24.3 Å². The molecule has 1 fully saturated rings. The molecule has 1 amide bonds. The molecule has 0 atom stereocenters. The molecule has 6 nitrogen and oxygen atoms in total. The Hall–Kier alpha value is -2.44. The molecule has 1 saturated heterocycles. The number of oxazole rings is 1. The number of anilines is 1. The van der Waals surface area contributed by atoms with Gasteiger partial charge in [-0.1, -0.05) is 23.7 Å². The molecule has 3 heterocycles. The van der Waals surface area contributed by atoms with Gasteiger partial charge in [-0.25, -0.2) is 9.97 Å². The smallest absolute Gasteiger partial charge is 0.239 e. The number of carbonyl (C=O) groups is 1. The molecule has 0 spiro atoms. The first-order valence-corrected chi connectivity index (χ1v) is 9.04. The quantitative estimate of drug-likeness (QED) is 0.758. The van der Waals surface area contributed by atoms with Gasteiger partial charge in [-0.2, -0.15) is 0 Å². The lowest BCUT2D eigenvalue weighted by Crippen LogP contribution is -2.38. The maximum absolute atomic E-state index is 12.2. The monoisotopic (exact) mass is 370 g/mol. The van der Waals surface area contributed by atoms with Crippen LogP contribution in [0.15, 0.2) is 47.0 Å². The van der Waals surface area contributed by atoms with Gasteiger partial charge in [-0.3, -0.25) is 9.69 Å². The summed E-state index contributed by atoms with van der Waals surface area (Å²) in [4.78, 5) is 23.0. The van der Waals surface area contributed by atoms with Gasteiger partial charge in [0, 0.05) is 12.1 Å². The number of nitrogens with one attached hydrogen (secondary N) is 1. The number of pyridine rings is 1. The largest absolute Gasteiger partial charge is 0.440 e. The summed E-state index contributed by atoms with van der Waals surface area (Å²) in [5.41, 5.74) is 1.74. The molecule has 1 aliphatic heterocycles. The standard InChI is InChI=1S/C19H19ClN4O2/c20-14-5-6-17(21-11-14)23-18(25)12-24-9-7-13(8-10-24)19-22-15-3-1-2-4-16(15)26-19/h1-6,11,13H,7-10,12H2,(H,21,23,25). The van der Waals surface area contributed by atoms with E-state index in [0.717, 1.165) is 42.9 Å². The predicted octanol–water partition coefficient (Wildman–Crippen LogP) is 3.69. The summed E-state index contributed by atoms with van der Waals surface area (Å²) in [7, 11) is 0. The van der Waals surface area contributed by atoms with Crippen molar-refractivity contribution >= 4 is 34.4 Å². The molecule has 7 heteroatoms. The Morgan fingerprint density at radius 1 is 1.23 bits per heavy atom. The van der Waals surface area contributed by atoms with E-state index >= 15 is 0 Å². The molecule has 0 unspecified atom stereocenters. The van der Waals surface area contributed by atoms with Gasteiger partial charge in [0.1, 0.15) is 11.3 Å². The van der Waals surface area contributed by atoms with Crippen LogP contribution < -0.4 is 5.32 Å². The SMILES string of the molecule is O=C(CN1CCC(c2nc3ccccc3o2)CC1)Nc1ccc(Cl)cn1. The summed E-state index contributed by atoms with van der Waals surface area (Å²) in [5, 5.41) is 3.34. The second-order valence-electron chi connectivity index (χ2n) is 6.48. The van der Waals surface area contributed by atoms with Crippen molar-refractivity contribution in [2.45, 2.75) is 18.8 Å². The average molecular weight is 371 g/mol. The number of hydrogen-bond donors (Lipinski definition) is 1. The van der Waals surface area contributed by atoms with Crippen LogP contribution in [0.3, 0.4) is 0 Å². The average Bonchev–Trinajstić information content (AvgIpc) is 3.08. The van der Waals surface area contributed by atoms with Crippen molar-refractivity contribution in [2.75, 3.05) is 25.0 Å². The third-order valence-corrected chi connectivity index (χ3v) is 4.83. The van der Waals surface area contributed by atoms with Crippen LogP contribution in [0.4, 0.5) is 5.82 Å². The minimum absolute atomic E-state index is 0.0693. The van der Waals surface area contributed by atoms with Crippen LogP contribution >= 0.6 is 11.6 Å². The maximum Gasteiger partial charge on any atom is 0.239 e. The Morgan fingerprint density at radius 3 is 2.77 bits per heavy atom. The number of hydrogen-bond acceptors (Lipinski definition) is 5. The van der Waals surface area contributed by atoms with Gasteiger partial charge in [-0.15, -0.1) is 0 Å². The van der Waals surface area contributed by atoms with Crippen molar-refractivity contribution in [1.29, 1.82) is 0 Å². The van der Waals surface area contributed by atoms with Crippen LogP contribution in [0.25, 0.3) is 11.1 Å². The fourth-order valence-corrected chi connectivity index (χ4v) is 3.35. The molecule has 0 aliphatic carbocycles. The molecule has 134 valence electrons. The maximum atomic E-state index is 12.2. The molecular formula is C19H19ClN4O2. The highest BCUT2D eigenvalue weighted by Crippen LogP contribution is 2.29. The van der Waals surface area contributed by atoms with E-state index in [4.69, 9.17) is 16.0 Å². The molecule has 0 bridgehead atoms. The van der Waals surface area contributed by atoms with Crippen molar-refractivity contribution in [3.8, 4) is 0 Å². The minimum atomic E-state index is -0.0693. The van der Waals surface area contributed by atoms with E-state index in [-0.39, 0.29) is 5.91 Å². The first-order valence-electron chi connectivity index (χ1n) is 8.66. The van der Waals surface area contributed by atoms with Gasteiger partial charge in [0.25, 0.3) is 0 Å². The summed E-state index contributed by atoms with van der Waals surface area (Å²) in [6, 6.07) is 11.2. The topological polar surface area (TPSA) is 71.3 Å². The Labute approximate surface area is 156 Å². The van der Waals surface area contributed by atoms with Crippen LogP contribution in [0.1, 0.15) is 24.7 Å². The van der Waals surface area contributed by atoms with Gasteiger partial charge in [0.15, 0.2) is 11.5 Å². The summed E-state index contributed by atoms with van der Waals surface area (Å²) < 4.78 is 5.88. The van der Waals surface area contributed by atoms with E-state index in [9.17, 15) is 4.79 Å². The number of benzene rings is 1. The highest BCUT2D eigenvalue weighted by atomic mass is 35.5. The van der Waals surface area contributed by atoms with Crippen molar-refractivity contribution in [2.24, 2.45) is 0 Å². The summed E-state index contributed by atoms with van der Waals surface area (Å²) in [6.45, 7) is 2.03. The van der Waals surface area contributed by atoms with Gasteiger partial charge in [0.2, 0.25) is 5.91 Å². The molecule has 1 N–H and O–H groups in total. The number of piperidine rings is 1. The lowest BCUT2D eigenvalue weighted by atomic mass is 9.97. The molecule has 0 saturated carbocycles. The van der Waals surface area contributed by atoms with Gasteiger partial charge in [0.05, 0.1) is 11.6 Å².